The maximum atomic E-state index is 11.9. The molecule has 1 heterocycles. The van der Waals surface area contributed by atoms with E-state index in [1.54, 1.807) is 17.0 Å². The zero-order valence-electron chi connectivity index (χ0n) is 12.8. The van der Waals surface area contributed by atoms with Gasteiger partial charge in [-0.05, 0) is 35.9 Å². The molecule has 0 unspecified atom stereocenters. The predicted octanol–water partition coefficient (Wildman–Crippen LogP) is 3.74. The van der Waals surface area contributed by atoms with Gasteiger partial charge in [0, 0.05) is 16.2 Å². The lowest BCUT2D eigenvalue weighted by molar-refractivity contribution is -0.111. The van der Waals surface area contributed by atoms with Crippen molar-refractivity contribution in [1.82, 2.24) is 15.0 Å². The van der Waals surface area contributed by atoms with Crippen molar-refractivity contribution in [3.8, 4) is 0 Å². The smallest absolute Gasteiger partial charge is 0.248 e. The van der Waals surface area contributed by atoms with Crippen LogP contribution in [0.25, 0.3) is 6.08 Å². The normalized spacial score (nSPS) is 10.9. The molecule has 2 aromatic carbocycles. The highest BCUT2D eigenvalue weighted by Crippen LogP contribution is 2.14. The largest absolute Gasteiger partial charge is 0.323 e. The number of rotatable bonds is 5. The summed E-state index contributed by atoms with van der Waals surface area (Å²) in [5, 5.41) is 10.9. The van der Waals surface area contributed by atoms with E-state index in [0.29, 0.717) is 12.2 Å². The Bertz CT molecular complexity index is 841. The summed E-state index contributed by atoms with van der Waals surface area (Å²) < 4.78 is 2.70. The second kappa shape index (κ2) is 7.70. The monoisotopic (exact) mass is 382 g/mol. The third kappa shape index (κ3) is 4.63. The highest BCUT2D eigenvalue weighted by molar-refractivity contribution is 9.10. The summed E-state index contributed by atoms with van der Waals surface area (Å²) in [6.45, 7) is 0.646. The molecule has 1 amide bonds. The second-order valence-corrected chi connectivity index (χ2v) is 6.07. The van der Waals surface area contributed by atoms with Crippen molar-refractivity contribution in [2.24, 2.45) is 0 Å². The van der Waals surface area contributed by atoms with E-state index in [2.05, 4.69) is 31.6 Å². The number of nitrogens with zero attached hydrogens (tertiary/aromatic N) is 3. The van der Waals surface area contributed by atoms with E-state index in [4.69, 9.17) is 0 Å². The lowest BCUT2D eigenvalue weighted by atomic mass is 10.2. The minimum atomic E-state index is -0.213. The zero-order chi connectivity index (χ0) is 16.8. The quantitative estimate of drug-likeness (QED) is 0.683. The van der Waals surface area contributed by atoms with Gasteiger partial charge in [0.15, 0.2) is 0 Å². The van der Waals surface area contributed by atoms with Gasteiger partial charge in [0.25, 0.3) is 0 Å². The zero-order valence-corrected chi connectivity index (χ0v) is 14.3. The molecule has 0 atom stereocenters. The van der Waals surface area contributed by atoms with Crippen LogP contribution in [0.2, 0.25) is 0 Å². The molecular formula is C18H15BrN4O. The fourth-order valence-corrected chi connectivity index (χ4v) is 2.38. The third-order valence-electron chi connectivity index (χ3n) is 3.26. The molecule has 1 aromatic heterocycles. The van der Waals surface area contributed by atoms with E-state index in [1.165, 1.54) is 6.08 Å². The van der Waals surface area contributed by atoms with Gasteiger partial charge < -0.3 is 5.32 Å². The number of carbonyl (C=O) groups is 1. The van der Waals surface area contributed by atoms with E-state index in [1.807, 2.05) is 54.6 Å². The van der Waals surface area contributed by atoms with Gasteiger partial charge in [-0.3, -0.25) is 4.79 Å². The number of aromatic nitrogens is 3. The molecule has 0 spiro atoms. The van der Waals surface area contributed by atoms with E-state index in [9.17, 15) is 4.79 Å². The van der Waals surface area contributed by atoms with Crippen LogP contribution in [0.4, 0.5) is 5.69 Å². The molecule has 120 valence electrons. The number of benzene rings is 2. The predicted molar refractivity (Wildman–Crippen MR) is 97.4 cm³/mol. The Morgan fingerprint density at radius 3 is 2.62 bits per heavy atom. The fraction of sp³-hybridized carbons (Fsp3) is 0.0556. The highest BCUT2D eigenvalue weighted by Gasteiger charge is 2.01. The molecule has 6 heteroatoms. The first-order valence-electron chi connectivity index (χ1n) is 7.38. The van der Waals surface area contributed by atoms with E-state index in [0.717, 1.165) is 15.7 Å². The summed E-state index contributed by atoms with van der Waals surface area (Å²) in [5.74, 6) is -0.213. The Labute approximate surface area is 148 Å². The minimum Gasteiger partial charge on any atom is -0.323 e. The number of anilines is 1. The number of carbonyl (C=O) groups excluding carboxylic acids is 1. The Kier molecular flexibility index (Phi) is 5.18. The second-order valence-electron chi connectivity index (χ2n) is 5.16. The first-order valence-corrected chi connectivity index (χ1v) is 8.17. The molecule has 0 bridgehead atoms. The van der Waals surface area contributed by atoms with Crippen molar-refractivity contribution in [1.29, 1.82) is 0 Å². The van der Waals surface area contributed by atoms with E-state index >= 15 is 0 Å². The van der Waals surface area contributed by atoms with Crippen LogP contribution < -0.4 is 5.32 Å². The first-order chi connectivity index (χ1) is 11.7. The highest BCUT2D eigenvalue weighted by atomic mass is 79.9. The van der Waals surface area contributed by atoms with Gasteiger partial charge in [-0.25, -0.2) is 4.68 Å². The average Bonchev–Trinajstić information content (AvgIpc) is 3.03. The molecule has 0 aliphatic carbocycles. The Hall–Kier alpha value is -2.73. The molecule has 3 aromatic rings. The molecule has 0 saturated carbocycles. The summed E-state index contributed by atoms with van der Waals surface area (Å²) in [7, 11) is 0. The molecule has 0 aliphatic rings. The van der Waals surface area contributed by atoms with Crippen LogP contribution in [0.15, 0.2) is 71.3 Å². The lowest BCUT2D eigenvalue weighted by Gasteiger charge is -2.01. The molecule has 0 saturated heterocycles. The molecular weight excluding hydrogens is 368 g/mol. The van der Waals surface area contributed by atoms with Crippen molar-refractivity contribution < 1.29 is 4.79 Å². The SMILES string of the molecule is O=C(/C=C/c1cn(Cc2ccccc2)nn1)Nc1ccc(Br)cc1. The van der Waals surface area contributed by atoms with E-state index < -0.39 is 0 Å². The van der Waals surface area contributed by atoms with Gasteiger partial charge in [-0.15, -0.1) is 5.10 Å². The van der Waals surface area contributed by atoms with Crippen LogP contribution in [-0.4, -0.2) is 20.9 Å². The molecule has 0 aliphatic heterocycles. The topological polar surface area (TPSA) is 59.8 Å². The van der Waals surface area contributed by atoms with Gasteiger partial charge >= 0.3 is 0 Å². The summed E-state index contributed by atoms with van der Waals surface area (Å²) in [4.78, 5) is 11.9. The number of hydrogen-bond donors (Lipinski definition) is 1. The number of amides is 1. The standard InChI is InChI=1S/C18H15BrN4O/c19-15-6-8-16(9-7-15)20-18(24)11-10-17-13-23(22-21-17)12-14-4-2-1-3-5-14/h1-11,13H,12H2,(H,20,24)/b11-10+. The summed E-state index contributed by atoms with van der Waals surface area (Å²) >= 11 is 3.35. The maximum absolute atomic E-state index is 11.9. The van der Waals surface area contributed by atoms with Crippen molar-refractivity contribution >= 4 is 33.6 Å². The first kappa shape index (κ1) is 16.1. The number of nitrogens with one attached hydrogen (secondary N) is 1. The Morgan fingerprint density at radius 1 is 1.12 bits per heavy atom. The molecule has 5 nitrogen and oxygen atoms in total. The van der Waals surface area contributed by atoms with Crippen LogP contribution in [0.5, 0.6) is 0 Å². The molecule has 0 fully saturated rings. The summed E-state index contributed by atoms with van der Waals surface area (Å²) in [6, 6.07) is 17.4. The van der Waals surface area contributed by atoms with Crippen LogP contribution >= 0.6 is 15.9 Å². The average molecular weight is 383 g/mol. The molecule has 1 N–H and O–H groups in total. The van der Waals surface area contributed by atoms with Crippen LogP contribution in [0, 0.1) is 0 Å². The van der Waals surface area contributed by atoms with Gasteiger partial charge in [-0.1, -0.05) is 51.5 Å². The minimum absolute atomic E-state index is 0.213. The van der Waals surface area contributed by atoms with Crippen LogP contribution in [0.1, 0.15) is 11.3 Å². The van der Waals surface area contributed by atoms with Gasteiger partial charge in [0.1, 0.15) is 5.69 Å². The van der Waals surface area contributed by atoms with Crippen molar-refractivity contribution in [3.05, 3.63) is 82.6 Å². The summed E-state index contributed by atoms with van der Waals surface area (Å²) in [5.41, 5.74) is 2.52. The van der Waals surface area contributed by atoms with Gasteiger partial charge in [-0.2, -0.15) is 0 Å². The maximum Gasteiger partial charge on any atom is 0.248 e. The third-order valence-corrected chi connectivity index (χ3v) is 3.79. The van der Waals surface area contributed by atoms with Crippen molar-refractivity contribution in [2.45, 2.75) is 6.54 Å². The van der Waals surface area contributed by atoms with Crippen molar-refractivity contribution in [3.63, 3.8) is 0 Å². The summed E-state index contributed by atoms with van der Waals surface area (Å²) in [6.07, 6.45) is 4.89. The molecule has 0 radical (unpaired) electrons. The van der Waals surface area contributed by atoms with E-state index in [-0.39, 0.29) is 5.91 Å². The molecule has 24 heavy (non-hydrogen) atoms. The van der Waals surface area contributed by atoms with Gasteiger partial charge in [0.05, 0.1) is 12.7 Å². The Balaban J connectivity index is 1.58. The van der Waals surface area contributed by atoms with Crippen LogP contribution in [-0.2, 0) is 11.3 Å². The number of hydrogen-bond acceptors (Lipinski definition) is 3. The van der Waals surface area contributed by atoms with Crippen LogP contribution in [0.3, 0.4) is 0 Å². The lowest BCUT2D eigenvalue weighted by Crippen LogP contribution is -2.07. The molecule has 3 rings (SSSR count). The Morgan fingerprint density at radius 2 is 1.88 bits per heavy atom. The van der Waals surface area contributed by atoms with Crippen molar-refractivity contribution in [2.75, 3.05) is 5.32 Å². The fourth-order valence-electron chi connectivity index (χ4n) is 2.12. The number of halogens is 1. The van der Waals surface area contributed by atoms with Gasteiger partial charge in [0.2, 0.25) is 5.91 Å².